The minimum absolute atomic E-state index is 0.0927. The highest BCUT2D eigenvalue weighted by molar-refractivity contribution is 7.90. The lowest BCUT2D eigenvalue weighted by Gasteiger charge is -2.21. The van der Waals surface area contributed by atoms with Crippen LogP contribution in [0.3, 0.4) is 0 Å². The Morgan fingerprint density at radius 1 is 1.36 bits per heavy atom. The number of benzene rings is 1. The van der Waals surface area contributed by atoms with Gasteiger partial charge in [-0.05, 0) is 49.1 Å². The zero-order chi connectivity index (χ0) is 18.0. The Labute approximate surface area is 145 Å². The molecule has 6 nitrogen and oxygen atoms in total. The highest BCUT2D eigenvalue weighted by Crippen LogP contribution is 2.28. The molecule has 0 spiro atoms. The number of carbonyl (C=O) groups is 1. The Balaban J connectivity index is 1.86. The summed E-state index contributed by atoms with van der Waals surface area (Å²) in [6.07, 6.45) is 3.80. The predicted octanol–water partition coefficient (Wildman–Crippen LogP) is 2.19. The Morgan fingerprint density at radius 3 is 2.92 bits per heavy atom. The summed E-state index contributed by atoms with van der Waals surface area (Å²) in [5.41, 5.74) is 1.75. The number of halogens is 1. The fourth-order valence-electron chi connectivity index (χ4n) is 2.82. The van der Waals surface area contributed by atoms with Gasteiger partial charge in [-0.3, -0.25) is 9.78 Å². The van der Waals surface area contributed by atoms with Gasteiger partial charge in [0.05, 0.1) is 17.0 Å². The Bertz CT molecular complexity index is 915. The first-order valence-electron chi connectivity index (χ1n) is 7.91. The molecule has 1 aromatic carbocycles. The lowest BCUT2D eigenvalue weighted by Crippen LogP contribution is -2.34. The van der Waals surface area contributed by atoms with E-state index in [-0.39, 0.29) is 4.90 Å². The largest absolute Gasteiger partial charge is 0.385 e. The summed E-state index contributed by atoms with van der Waals surface area (Å²) in [6, 6.07) is 6.10. The molecule has 1 atom stereocenters. The van der Waals surface area contributed by atoms with E-state index in [0.29, 0.717) is 17.5 Å². The SMILES string of the molecule is CC(C(=O)NS(=O)(=O)c1cccc2c1CCCN2)c1cncc(F)c1. The van der Waals surface area contributed by atoms with Crippen molar-refractivity contribution < 1.29 is 17.6 Å². The molecule has 132 valence electrons. The highest BCUT2D eigenvalue weighted by Gasteiger charge is 2.27. The Kier molecular flexibility index (Phi) is 4.71. The fraction of sp³-hybridized carbons (Fsp3) is 0.294. The van der Waals surface area contributed by atoms with Gasteiger partial charge in [0.2, 0.25) is 5.91 Å². The van der Waals surface area contributed by atoms with Gasteiger partial charge in [0.25, 0.3) is 10.0 Å². The van der Waals surface area contributed by atoms with Gasteiger partial charge in [-0.15, -0.1) is 0 Å². The van der Waals surface area contributed by atoms with Crippen molar-refractivity contribution >= 4 is 21.6 Å². The number of hydrogen-bond acceptors (Lipinski definition) is 5. The molecule has 1 aromatic heterocycles. The summed E-state index contributed by atoms with van der Waals surface area (Å²) in [5.74, 6) is -2.16. The number of fused-ring (bicyclic) bond motifs is 1. The van der Waals surface area contributed by atoms with Crippen LogP contribution < -0.4 is 10.0 Å². The van der Waals surface area contributed by atoms with Gasteiger partial charge in [-0.2, -0.15) is 0 Å². The van der Waals surface area contributed by atoms with E-state index >= 15 is 0 Å². The maximum Gasteiger partial charge on any atom is 0.264 e. The minimum atomic E-state index is -4.02. The molecule has 0 bridgehead atoms. The van der Waals surface area contributed by atoms with Crippen LogP contribution in [0, 0.1) is 5.82 Å². The summed E-state index contributed by atoms with van der Waals surface area (Å²) in [4.78, 5) is 16.1. The van der Waals surface area contributed by atoms with Crippen molar-refractivity contribution in [2.24, 2.45) is 0 Å². The first kappa shape index (κ1) is 17.3. The van der Waals surface area contributed by atoms with Gasteiger partial charge >= 0.3 is 0 Å². The molecule has 0 radical (unpaired) electrons. The molecule has 8 heteroatoms. The average Bonchev–Trinajstić information content (AvgIpc) is 2.60. The monoisotopic (exact) mass is 363 g/mol. The molecule has 1 aliphatic heterocycles. The van der Waals surface area contributed by atoms with Crippen LogP contribution in [-0.2, 0) is 21.2 Å². The second-order valence-electron chi connectivity index (χ2n) is 5.94. The minimum Gasteiger partial charge on any atom is -0.385 e. The molecule has 1 aliphatic rings. The van der Waals surface area contributed by atoms with Crippen LogP contribution in [0.15, 0.2) is 41.6 Å². The summed E-state index contributed by atoms with van der Waals surface area (Å²) < 4.78 is 40.7. The van der Waals surface area contributed by atoms with E-state index in [1.54, 1.807) is 6.07 Å². The molecular formula is C17H18FN3O3S. The van der Waals surface area contributed by atoms with Crippen molar-refractivity contribution in [2.75, 3.05) is 11.9 Å². The number of anilines is 1. The lowest BCUT2D eigenvalue weighted by molar-refractivity contribution is -0.120. The van der Waals surface area contributed by atoms with E-state index in [2.05, 4.69) is 15.0 Å². The standard InChI is InChI=1S/C17H18FN3O3S/c1-11(12-8-13(18)10-19-9-12)17(22)21-25(23,24)16-6-2-5-15-14(16)4-3-7-20-15/h2,5-6,8-11,20H,3-4,7H2,1H3,(H,21,22). The van der Waals surface area contributed by atoms with Gasteiger partial charge < -0.3 is 5.32 Å². The average molecular weight is 363 g/mol. The van der Waals surface area contributed by atoms with Crippen LogP contribution in [0.2, 0.25) is 0 Å². The molecule has 3 rings (SSSR count). The third-order valence-corrected chi connectivity index (χ3v) is 5.63. The zero-order valence-corrected chi connectivity index (χ0v) is 14.4. The molecule has 0 saturated carbocycles. The normalized spacial score (nSPS) is 15.0. The van der Waals surface area contributed by atoms with E-state index in [9.17, 15) is 17.6 Å². The molecule has 0 saturated heterocycles. The van der Waals surface area contributed by atoms with Crippen molar-refractivity contribution in [3.8, 4) is 0 Å². The summed E-state index contributed by atoms with van der Waals surface area (Å²) in [7, 11) is -4.02. The van der Waals surface area contributed by atoms with Crippen molar-refractivity contribution in [1.29, 1.82) is 0 Å². The Hall–Kier alpha value is -2.48. The van der Waals surface area contributed by atoms with Gasteiger partial charge in [0.1, 0.15) is 5.82 Å². The molecule has 1 unspecified atom stereocenters. The smallest absolute Gasteiger partial charge is 0.264 e. The van der Waals surface area contributed by atoms with Crippen LogP contribution in [0.25, 0.3) is 0 Å². The third-order valence-electron chi connectivity index (χ3n) is 4.20. The maximum atomic E-state index is 13.3. The van der Waals surface area contributed by atoms with Gasteiger partial charge in [-0.1, -0.05) is 6.07 Å². The molecular weight excluding hydrogens is 345 g/mol. The predicted molar refractivity (Wildman–Crippen MR) is 91.2 cm³/mol. The van der Waals surface area contributed by atoms with Crippen molar-refractivity contribution in [3.63, 3.8) is 0 Å². The molecule has 0 fully saturated rings. The number of nitrogens with one attached hydrogen (secondary N) is 2. The van der Waals surface area contributed by atoms with Gasteiger partial charge in [-0.25, -0.2) is 17.5 Å². The van der Waals surface area contributed by atoms with Crippen LogP contribution in [0.5, 0.6) is 0 Å². The number of carbonyl (C=O) groups excluding carboxylic acids is 1. The number of amides is 1. The van der Waals surface area contributed by atoms with E-state index in [4.69, 9.17) is 0 Å². The Morgan fingerprint density at radius 2 is 2.16 bits per heavy atom. The third kappa shape index (κ3) is 3.63. The van der Waals surface area contributed by atoms with E-state index in [0.717, 1.165) is 30.9 Å². The summed E-state index contributed by atoms with van der Waals surface area (Å²) >= 11 is 0. The fourth-order valence-corrected chi connectivity index (χ4v) is 4.17. The van der Waals surface area contributed by atoms with Crippen LogP contribution in [0.1, 0.15) is 30.4 Å². The number of hydrogen-bond donors (Lipinski definition) is 2. The van der Waals surface area contributed by atoms with E-state index in [1.807, 2.05) is 6.07 Å². The number of rotatable bonds is 4. The number of aromatic nitrogens is 1. The molecule has 1 amide bonds. The van der Waals surface area contributed by atoms with Crippen LogP contribution >= 0.6 is 0 Å². The molecule has 25 heavy (non-hydrogen) atoms. The molecule has 0 aliphatic carbocycles. The van der Waals surface area contributed by atoms with Crippen molar-refractivity contribution in [3.05, 3.63) is 53.6 Å². The molecule has 2 heterocycles. The number of pyridine rings is 1. The second kappa shape index (κ2) is 6.79. The van der Waals surface area contributed by atoms with Gasteiger partial charge in [0.15, 0.2) is 0 Å². The van der Waals surface area contributed by atoms with Crippen molar-refractivity contribution in [2.45, 2.75) is 30.6 Å². The lowest BCUT2D eigenvalue weighted by atomic mass is 10.0. The topological polar surface area (TPSA) is 88.2 Å². The highest BCUT2D eigenvalue weighted by atomic mass is 32.2. The van der Waals surface area contributed by atoms with Gasteiger partial charge in [0, 0.05) is 18.4 Å². The zero-order valence-electron chi connectivity index (χ0n) is 13.6. The maximum absolute atomic E-state index is 13.3. The van der Waals surface area contributed by atoms with Crippen LogP contribution in [-0.4, -0.2) is 25.9 Å². The van der Waals surface area contributed by atoms with E-state index < -0.39 is 27.7 Å². The van der Waals surface area contributed by atoms with E-state index in [1.165, 1.54) is 19.2 Å². The van der Waals surface area contributed by atoms with Crippen LogP contribution in [0.4, 0.5) is 10.1 Å². The van der Waals surface area contributed by atoms with Crippen molar-refractivity contribution in [1.82, 2.24) is 9.71 Å². The summed E-state index contributed by atoms with van der Waals surface area (Å²) in [5, 5.41) is 3.16. The second-order valence-corrected chi connectivity index (χ2v) is 7.59. The first-order chi connectivity index (χ1) is 11.9. The quantitative estimate of drug-likeness (QED) is 0.869. The number of sulfonamides is 1. The number of nitrogens with zero attached hydrogens (tertiary/aromatic N) is 1. The summed E-state index contributed by atoms with van der Waals surface area (Å²) in [6.45, 7) is 2.29. The molecule has 2 N–H and O–H groups in total. The first-order valence-corrected chi connectivity index (χ1v) is 9.39. The molecule has 2 aromatic rings.